The molecule has 6 heteroatoms. The summed E-state index contributed by atoms with van der Waals surface area (Å²) in [5, 5.41) is 0.924. The maximum Gasteiger partial charge on any atom is 0.222 e. The van der Waals surface area contributed by atoms with Gasteiger partial charge in [0.05, 0.1) is 31.1 Å². The van der Waals surface area contributed by atoms with Crippen LogP contribution in [0.15, 0.2) is 48.5 Å². The van der Waals surface area contributed by atoms with E-state index < -0.39 is 0 Å². The summed E-state index contributed by atoms with van der Waals surface area (Å²) >= 11 is 0. The quantitative estimate of drug-likeness (QED) is 0.649. The van der Waals surface area contributed by atoms with Gasteiger partial charge in [-0.15, -0.1) is 0 Å². The number of methoxy groups -OCH3 is 2. The number of carbonyl (C=O) groups is 1. The number of ether oxygens (including phenoxy) is 2. The van der Waals surface area contributed by atoms with Crippen molar-refractivity contribution in [2.24, 2.45) is 0 Å². The Hall–Kier alpha value is -3.28. The summed E-state index contributed by atoms with van der Waals surface area (Å²) in [7, 11) is 3.23. The van der Waals surface area contributed by atoms with Gasteiger partial charge in [-0.05, 0) is 37.0 Å². The molecule has 1 aliphatic rings. The smallest absolute Gasteiger partial charge is 0.222 e. The largest absolute Gasteiger partial charge is 0.493 e. The summed E-state index contributed by atoms with van der Waals surface area (Å²) in [5.41, 5.74) is 10.0. The van der Waals surface area contributed by atoms with Crippen molar-refractivity contribution >= 4 is 22.5 Å². The van der Waals surface area contributed by atoms with Crippen LogP contribution in [0.3, 0.4) is 0 Å². The SMILES string of the molecule is COc1cc2cc(N)c(C3CCN(C(=O)CCc4ccccc4)CC3)nc2cc1OC. The zero-order valence-electron chi connectivity index (χ0n) is 18.1. The molecule has 2 heterocycles. The molecular weight excluding hydrogens is 390 g/mol. The summed E-state index contributed by atoms with van der Waals surface area (Å²) < 4.78 is 10.8. The lowest BCUT2D eigenvalue weighted by Gasteiger charge is -2.32. The van der Waals surface area contributed by atoms with Gasteiger partial charge in [0.15, 0.2) is 11.5 Å². The molecule has 1 amide bonds. The van der Waals surface area contributed by atoms with Gasteiger partial charge in [-0.1, -0.05) is 30.3 Å². The first kappa shape index (κ1) is 21.0. The fraction of sp³-hybridized carbons (Fsp3) is 0.360. The Morgan fingerprint density at radius 2 is 1.74 bits per heavy atom. The highest BCUT2D eigenvalue weighted by Gasteiger charge is 2.26. The van der Waals surface area contributed by atoms with Crippen LogP contribution in [-0.4, -0.2) is 43.1 Å². The number of hydrogen-bond donors (Lipinski definition) is 1. The molecular formula is C25H29N3O3. The molecule has 0 atom stereocenters. The number of rotatable bonds is 6. The third kappa shape index (κ3) is 4.58. The van der Waals surface area contributed by atoms with E-state index in [1.165, 1.54) is 5.56 Å². The lowest BCUT2D eigenvalue weighted by Crippen LogP contribution is -2.38. The molecule has 0 bridgehead atoms. The molecule has 2 aromatic carbocycles. The van der Waals surface area contributed by atoms with Crippen molar-refractivity contribution in [3.8, 4) is 11.5 Å². The van der Waals surface area contributed by atoms with Crippen molar-refractivity contribution in [2.45, 2.75) is 31.6 Å². The third-order valence-corrected chi connectivity index (χ3v) is 6.09. The number of anilines is 1. The van der Waals surface area contributed by atoms with Crippen LogP contribution in [-0.2, 0) is 11.2 Å². The second kappa shape index (κ2) is 9.25. The van der Waals surface area contributed by atoms with Crippen molar-refractivity contribution in [1.82, 2.24) is 9.88 Å². The van der Waals surface area contributed by atoms with Crippen molar-refractivity contribution in [3.05, 3.63) is 59.8 Å². The Balaban J connectivity index is 1.43. The monoisotopic (exact) mass is 419 g/mol. The number of hydrogen-bond acceptors (Lipinski definition) is 5. The first-order valence-electron chi connectivity index (χ1n) is 10.7. The number of benzene rings is 2. The Labute approximate surface area is 183 Å². The van der Waals surface area contributed by atoms with Crippen LogP contribution in [0.25, 0.3) is 10.9 Å². The number of nitrogen functional groups attached to an aromatic ring is 1. The zero-order valence-corrected chi connectivity index (χ0v) is 18.1. The molecule has 0 aliphatic carbocycles. The van der Waals surface area contributed by atoms with Crippen LogP contribution in [0.4, 0.5) is 5.69 Å². The maximum atomic E-state index is 12.6. The van der Waals surface area contributed by atoms with E-state index in [0.29, 0.717) is 23.6 Å². The molecule has 0 radical (unpaired) electrons. The highest BCUT2D eigenvalue weighted by Crippen LogP contribution is 2.36. The summed E-state index contributed by atoms with van der Waals surface area (Å²) in [4.78, 5) is 19.5. The number of nitrogens with two attached hydrogens (primary N) is 1. The summed E-state index contributed by atoms with van der Waals surface area (Å²) in [5.74, 6) is 1.78. The van der Waals surface area contributed by atoms with Gasteiger partial charge >= 0.3 is 0 Å². The lowest BCUT2D eigenvalue weighted by molar-refractivity contribution is -0.132. The fourth-order valence-corrected chi connectivity index (χ4v) is 4.32. The van der Waals surface area contributed by atoms with Crippen molar-refractivity contribution < 1.29 is 14.3 Å². The summed E-state index contributed by atoms with van der Waals surface area (Å²) in [6, 6.07) is 15.9. The highest BCUT2D eigenvalue weighted by atomic mass is 16.5. The minimum atomic E-state index is 0.221. The number of carbonyl (C=O) groups excluding carboxylic acids is 1. The van der Waals surface area contributed by atoms with Crippen LogP contribution in [0.5, 0.6) is 11.5 Å². The van der Waals surface area contributed by atoms with Crippen molar-refractivity contribution in [2.75, 3.05) is 33.0 Å². The fourth-order valence-electron chi connectivity index (χ4n) is 4.32. The van der Waals surface area contributed by atoms with E-state index in [1.807, 2.05) is 41.3 Å². The number of likely N-dealkylation sites (tertiary alicyclic amines) is 1. The minimum Gasteiger partial charge on any atom is -0.493 e. The molecule has 0 spiro atoms. The first-order valence-corrected chi connectivity index (χ1v) is 10.7. The molecule has 1 aliphatic heterocycles. The molecule has 6 nitrogen and oxygen atoms in total. The standard InChI is InChI=1S/C25H29N3O3/c1-30-22-15-19-14-20(26)25(27-21(19)16-23(22)31-2)18-10-12-28(13-11-18)24(29)9-8-17-6-4-3-5-7-17/h3-7,14-16,18H,8-13,26H2,1-2H3. The molecule has 0 saturated carbocycles. The topological polar surface area (TPSA) is 77.7 Å². The van der Waals surface area contributed by atoms with E-state index in [2.05, 4.69) is 12.1 Å². The predicted molar refractivity (Wildman–Crippen MR) is 123 cm³/mol. The van der Waals surface area contributed by atoms with Crippen molar-refractivity contribution in [1.29, 1.82) is 0 Å². The van der Waals surface area contributed by atoms with Gasteiger partial charge in [0, 0.05) is 36.9 Å². The number of amides is 1. The van der Waals surface area contributed by atoms with Gasteiger partial charge < -0.3 is 20.1 Å². The number of nitrogens with zero attached hydrogens (tertiary/aromatic N) is 2. The van der Waals surface area contributed by atoms with Gasteiger partial charge in [0.2, 0.25) is 5.91 Å². The number of aromatic nitrogens is 1. The van der Waals surface area contributed by atoms with E-state index in [-0.39, 0.29) is 11.8 Å². The molecule has 4 rings (SSSR count). The Kier molecular flexibility index (Phi) is 6.26. The molecule has 2 N–H and O–H groups in total. The average Bonchev–Trinajstić information content (AvgIpc) is 2.82. The van der Waals surface area contributed by atoms with Gasteiger partial charge in [-0.2, -0.15) is 0 Å². The molecule has 0 unspecified atom stereocenters. The Morgan fingerprint density at radius 1 is 1.06 bits per heavy atom. The highest BCUT2D eigenvalue weighted by molar-refractivity contribution is 5.86. The lowest BCUT2D eigenvalue weighted by atomic mass is 9.91. The predicted octanol–water partition coefficient (Wildman–Crippen LogP) is 4.17. The van der Waals surface area contributed by atoms with Crippen LogP contribution >= 0.6 is 0 Å². The molecule has 1 fully saturated rings. The Bertz CT molecular complexity index is 1060. The number of fused-ring (bicyclic) bond motifs is 1. The van der Waals surface area contributed by atoms with Crippen LogP contribution in [0.2, 0.25) is 0 Å². The van der Waals surface area contributed by atoms with Crippen LogP contribution in [0, 0.1) is 0 Å². The van der Waals surface area contributed by atoms with Crippen LogP contribution < -0.4 is 15.2 Å². The van der Waals surface area contributed by atoms with Gasteiger partial charge in [-0.3, -0.25) is 9.78 Å². The van der Waals surface area contributed by atoms with Crippen LogP contribution in [0.1, 0.15) is 36.4 Å². The molecule has 31 heavy (non-hydrogen) atoms. The van der Waals surface area contributed by atoms with Gasteiger partial charge in [0.25, 0.3) is 0 Å². The van der Waals surface area contributed by atoms with E-state index in [9.17, 15) is 4.79 Å². The molecule has 162 valence electrons. The number of aryl methyl sites for hydroxylation is 1. The normalized spacial score (nSPS) is 14.6. The van der Waals surface area contributed by atoms with E-state index >= 15 is 0 Å². The second-order valence-electron chi connectivity index (χ2n) is 8.00. The molecule has 1 saturated heterocycles. The third-order valence-electron chi connectivity index (χ3n) is 6.09. The minimum absolute atomic E-state index is 0.221. The zero-order chi connectivity index (χ0) is 21.8. The molecule has 3 aromatic rings. The Morgan fingerprint density at radius 3 is 2.42 bits per heavy atom. The van der Waals surface area contributed by atoms with Crippen molar-refractivity contribution in [3.63, 3.8) is 0 Å². The average molecular weight is 420 g/mol. The van der Waals surface area contributed by atoms with E-state index in [1.54, 1.807) is 14.2 Å². The second-order valence-corrected chi connectivity index (χ2v) is 8.00. The summed E-state index contributed by atoms with van der Waals surface area (Å²) in [6.45, 7) is 1.48. The number of pyridine rings is 1. The first-order chi connectivity index (χ1) is 15.1. The van der Waals surface area contributed by atoms with Gasteiger partial charge in [0.1, 0.15) is 0 Å². The summed E-state index contributed by atoms with van der Waals surface area (Å²) in [6.07, 6.45) is 3.07. The van der Waals surface area contributed by atoms with E-state index in [0.717, 1.165) is 48.9 Å². The number of piperidine rings is 1. The van der Waals surface area contributed by atoms with E-state index in [4.69, 9.17) is 20.2 Å². The maximum absolute atomic E-state index is 12.6. The molecule has 1 aromatic heterocycles. The van der Waals surface area contributed by atoms with Gasteiger partial charge in [-0.25, -0.2) is 0 Å².